The van der Waals surface area contributed by atoms with Crippen molar-refractivity contribution >= 4 is 17.5 Å². The maximum Gasteiger partial charge on any atom is 0.202 e. The van der Waals surface area contributed by atoms with Gasteiger partial charge in [-0.3, -0.25) is 0 Å². The summed E-state index contributed by atoms with van der Waals surface area (Å²) in [6.45, 7) is 6.85. The van der Waals surface area contributed by atoms with Gasteiger partial charge < -0.3 is 4.74 Å². The van der Waals surface area contributed by atoms with E-state index in [2.05, 4.69) is 18.8 Å². The fourth-order valence-corrected chi connectivity index (χ4v) is 1.09. The highest BCUT2D eigenvalue weighted by Gasteiger charge is 2.23. The van der Waals surface area contributed by atoms with Gasteiger partial charge >= 0.3 is 0 Å². The molecule has 1 aliphatic heterocycles. The second kappa shape index (κ2) is 3.44. The molecule has 0 saturated heterocycles. The monoisotopic (exact) mass is 175 g/mol. The SMILES string of the molecule is CC(Cl)C1=N[C@H](C(C)C)CO1. The van der Waals surface area contributed by atoms with Crippen LogP contribution in [0.5, 0.6) is 0 Å². The van der Waals surface area contributed by atoms with E-state index in [1.807, 2.05) is 6.92 Å². The average molecular weight is 176 g/mol. The Morgan fingerprint density at radius 1 is 1.55 bits per heavy atom. The molecule has 0 aromatic rings. The first-order valence-electron chi connectivity index (χ1n) is 3.96. The topological polar surface area (TPSA) is 21.6 Å². The number of hydrogen-bond donors (Lipinski definition) is 0. The third-order valence-corrected chi connectivity index (χ3v) is 1.99. The molecule has 1 rings (SSSR count). The maximum absolute atomic E-state index is 5.80. The molecule has 0 amide bonds. The van der Waals surface area contributed by atoms with Crippen LogP contribution in [-0.4, -0.2) is 23.9 Å². The molecule has 0 N–H and O–H groups in total. The summed E-state index contributed by atoms with van der Waals surface area (Å²) in [4.78, 5) is 4.35. The standard InChI is InChI=1S/C8H14ClNO/c1-5(2)7-4-11-8(10-7)6(3)9/h5-7H,4H2,1-3H3/t6?,7-/m0/s1. The molecule has 0 fully saturated rings. The molecule has 3 heteroatoms. The van der Waals surface area contributed by atoms with Crippen molar-refractivity contribution in [1.29, 1.82) is 0 Å². The largest absolute Gasteiger partial charge is 0.478 e. The Hall–Kier alpha value is -0.240. The van der Waals surface area contributed by atoms with Crippen molar-refractivity contribution in [1.82, 2.24) is 0 Å². The fourth-order valence-electron chi connectivity index (χ4n) is 0.968. The first-order chi connectivity index (χ1) is 5.11. The number of hydrogen-bond acceptors (Lipinski definition) is 2. The molecular weight excluding hydrogens is 162 g/mol. The molecule has 1 aliphatic rings. The summed E-state index contributed by atoms with van der Waals surface area (Å²) < 4.78 is 5.31. The van der Waals surface area contributed by atoms with Gasteiger partial charge in [0.1, 0.15) is 12.0 Å². The lowest BCUT2D eigenvalue weighted by Crippen LogP contribution is -2.13. The molecule has 2 nitrogen and oxygen atoms in total. The van der Waals surface area contributed by atoms with Gasteiger partial charge in [0.05, 0.1) is 6.04 Å². The third kappa shape index (κ3) is 2.09. The van der Waals surface area contributed by atoms with E-state index in [0.717, 1.165) is 0 Å². The smallest absolute Gasteiger partial charge is 0.202 e. The Morgan fingerprint density at radius 2 is 2.18 bits per heavy atom. The molecule has 0 aliphatic carbocycles. The molecule has 0 radical (unpaired) electrons. The molecular formula is C8H14ClNO. The first-order valence-corrected chi connectivity index (χ1v) is 4.39. The van der Waals surface area contributed by atoms with E-state index >= 15 is 0 Å². The van der Waals surface area contributed by atoms with Crippen LogP contribution in [0, 0.1) is 5.92 Å². The summed E-state index contributed by atoms with van der Waals surface area (Å²) in [6.07, 6.45) is 0. The van der Waals surface area contributed by atoms with E-state index in [0.29, 0.717) is 24.5 Å². The summed E-state index contributed by atoms with van der Waals surface area (Å²) in [5.41, 5.74) is 0. The quantitative estimate of drug-likeness (QED) is 0.589. The minimum Gasteiger partial charge on any atom is -0.478 e. The van der Waals surface area contributed by atoms with Crippen molar-refractivity contribution in [3.8, 4) is 0 Å². The minimum absolute atomic E-state index is 0.0845. The van der Waals surface area contributed by atoms with E-state index in [1.165, 1.54) is 0 Å². The van der Waals surface area contributed by atoms with Crippen molar-refractivity contribution in [2.75, 3.05) is 6.61 Å². The Labute approximate surface area is 72.6 Å². The van der Waals surface area contributed by atoms with Crippen LogP contribution in [0.15, 0.2) is 4.99 Å². The van der Waals surface area contributed by atoms with Gasteiger partial charge in [-0.25, -0.2) is 4.99 Å². The Morgan fingerprint density at radius 3 is 2.45 bits per heavy atom. The Kier molecular flexibility index (Phi) is 2.77. The minimum atomic E-state index is -0.0845. The maximum atomic E-state index is 5.80. The van der Waals surface area contributed by atoms with E-state index < -0.39 is 0 Å². The van der Waals surface area contributed by atoms with Gasteiger partial charge in [-0.05, 0) is 12.8 Å². The summed E-state index contributed by atoms with van der Waals surface area (Å²) >= 11 is 5.80. The molecule has 0 bridgehead atoms. The third-order valence-electron chi connectivity index (χ3n) is 1.80. The second-order valence-electron chi connectivity index (χ2n) is 3.21. The molecule has 0 spiro atoms. The van der Waals surface area contributed by atoms with Gasteiger partial charge in [-0.15, -0.1) is 11.6 Å². The number of nitrogens with zero attached hydrogens (tertiary/aromatic N) is 1. The molecule has 2 atom stereocenters. The Balaban J connectivity index is 2.54. The van der Waals surface area contributed by atoms with Gasteiger partial charge in [-0.1, -0.05) is 13.8 Å². The van der Waals surface area contributed by atoms with E-state index in [-0.39, 0.29) is 5.38 Å². The second-order valence-corrected chi connectivity index (χ2v) is 3.86. The fraction of sp³-hybridized carbons (Fsp3) is 0.875. The van der Waals surface area contributed by atoms with Crippen molar-refractivity contribution in [2.24, 2.45) is 10.9 Å². The van der Waals surface area contributed by atoms with Gasteiger partial charge in [0.2, 0.25) is 5.90 Å². The number of ether oxygens (including phenoxy) is 1. The molecule has 11 heavy (non-hydrogen) atoms. The van der Waals surface area contributed by atoms with Crippen LogP contribution in [0.3, 0.4) is 0 Å². The van der Waals surface area contributed by atoms with E-state index in [9.17, 15) is 0 Å². The molecule has 0 saturated carbocycles. The number of aliphatic imine (C=N–C) groups is 1. The summed E-state index contributed by atoms with van der Waals surface area (Å²) in [5.74, 6) is 1.24. The number of alkyl halides is 1. The van der Waals surface area contributed by atoms with Crippen LogP contribution < -0.4 is 0 Å². The highest BCUT2D eigenvalue weighted by Crippen LogP contribution is 2.16. The number of halogens is 1. The van der Waals surface area contributed by atoms with E-state index in [4.69, 9.17) is 16.3 Å². The van der Waals surface area contributed by atoms with Crippen molar-refractivity contribution in [2.45, 2.75) is 32.2 Å². The highest BCUT2D eigenvalue weighted by molar-refractivity contribution is 6.30. The van der Waals surface area contributed by atoms with Crippen LogP contribution >= 0.6 is 11.6 Å². The van der Waals surface area contributed by atoms with Crippen LogP contribution in [0.2, 0.25) is 0 Å². The lowest BCUT2D eigenvalue weighted by Gasteiger charge is -2.06. The van der Waals surface area contributed by atoms with Crippen LogP contribution in [0.25, 0.3) is 0 Å². The van der Waals surface area contributed by atoms with Crippen LogP contribution in [-0.2, 0) is 4.74 Å². The predicted octanol–water partition coefficient (Wildman–Crippen LogP) is 2.07. The molecule has 0 aromatic heterocycles. The molecule has 0 aromatic carbocycles. The zero-order valence-corrected chi connectivity index (χ0v) is 7.93. The van der Waals surface area contributed by atoms with Gasteiger partial charge in [-0.2, -0.15) is 0 Å². The van der Waals surface area contributed by atoms with Crippen LogP contribution in [0.1, 0.15) is 20.8 Å². The van der Waals surface area contributed by atoms with Crippen molar-refractivity contribution < 1.29 is 4.74 Å². The summed E-state index contributed by atoms with van der Waals surface area (Å²) in [6, 6.07) is 0.311. The first kappa shape index (κ1) is 8.85. The Bertz CT molecular complexity index is 165. The lowest BCUT2D eigenvalue weighted by molar-refractivity contribution is 0.287. The number of rotatable bonds is 2. The average Bonchev–Trinajstić information content (AvgIpc) is 2.33. The normalized spacial score (nSPS) is 26.6. The predicted molar refractivity (Wildman–Crippen MR) is 47.3 cm³/mol. The zero-order chi connectivity index (χ0) is 8.43. The molecule has 1 heterocycles. The van der Waals surface area contributed by atoms with Gasteiger partial charge in [0, 0.05) is 0 Å². The van der Waals surface area contributed by atoms with Crippen LogP contribution in [0.4, 0.5) is 0 Å². The summed E-state index contributed by atoms with van der Waals surface area (Å²) in [5, 5.41) is -0.0845. The molecule has 64 valence electrons. The lowest BCUT2D eigenvalue weighted by atomic mass is 10.1. The van der Waals surface area contributed by atoms with Gasteiger partial charge in [0.25, 0.3) is 0 Å². The molecule has 1 unspecified atom stereocenters. The zero-order valence-electron chi connectivity index (χ0n) is 7.17. The van der Waals surface area contributed by atoms with Crippen molar-refractivity contribution in [3.63, 3.8) is 0 Å². The van der Waals surface area contributed by atoms with Crippen molar-refractivity contribution in [3.05, 3.63) is 0 Å². The van der Waals surface area contributed by atoms with Gasteiger partial charge in [0.15, 0.2) is 0 Å². The highest BCUT2D eigenvalue weighted by atomic mass is 35.5. The van der Waals surface area contributed by atoms with E-state index in [1.54, 1.807) is 0 Å². The summed E-state index contributed by atoms with van der Waals surface area (Å²) in [7, 11) is 0.